The van der Waals surface area contributed by atoms with Gasteiger partial charge in [0, 0.05) is 30.7 Å². The lowest BCUT2D eigenvalue weighted by Gasteiger charge is -2.32. The Morgan fingerprint density at radius 2 is 2.00 bits per heavy atom. The predicted molar refractivity (Wildman–Crippen MR) is 72.9 cm³/mol. The second-order valence-corrected chi connectivity index (χ2v) is 7.80. The molecule has 1 saturated heterocycles. The van der Waals surface area contributed by atoms with E-state index in [-0.39, 0.29) is 0 Å². The van der Waals surface area contributed by atoms with Crippen LogP contribution in [0.1, 0.15) is 6.92 Å². The average molecular weight is 339 g/mol. The van der Waals surface area contributed by atoms with Gasteiger partial charge in [-0.05, 0) is 33.9 Å². The quantitative estimate of drug-likeness (QED) is 0.844. The molecule has 1 aliphatic rings. The standard InChI is InChI=1S/C10H15BrN2O2S2/c1-2-12-4-6-13(7-5-12)17(14,15)10-9(11)3-8-16-10/h3,8H,2,4-7H2,1H3. The van der Waals surface area contributed by atoms with Gasteiger partial charge in [-0.25, -0.2) is 8.42 Å². The first-order valence-electron chi connectivity index (χ1n) is 5.51. The van der Waals surface area contributed by atoms with Crippen LogP contribution in [-0.2, 0) is 10.0 Å². The zero-order valence-electron chi connectivity index (χ0n) is 9.60. The molecule has 0 spiro atoms. The second-order valence-electron chi connectivity index (χ2n) is 3.89. The number of rotatable bonds is 3. The summed E-state index contributed by atoms with van der Waals surface area (Å²) in [5, 5.41) is 1.79. The highest BCUT2D eigenvalue weighted by Gasteiger charge is 2.30. The minimum absolute atomic E-state index is 0.419. The van der Waals surface area contributed by atoms with Crippen molar-refractivity contribution < 1.29 is 8.42 Å². The van der Waals surface area contributed by atoms with Crippen LogP contribution in [0.15, 0.2) is 20.1 Å². The number of likely N-dealkylation sites (N-methyl/N-ethyl adjacent to an activating group) is 1. The first-order valence-corrected chi connectivity index (χ1v) is 8.62. The van der Waals surface area contributed by atoms with Crippen molar-refractivity contribution in [3.63, 3.8) is 0 Å². The lowest BCUT2D eigenvalue weighted by Crippen LogP contribution is -2.48. The van der Waals surface area contributed by atoms with Gasteiger partial charge in [0.1, 0.15) is 4.21 Å². The molecule has 96 valence electrons. The summed E-state index contributed by atoms with van der Waals surface area (Å²) < 4.78 is 27.4. The molecule has 0 N–H and O–H groups in total. The number of sulfonamides is 1. The van der Waals surface area contributed by atoms with Crippen LogP contribution in [0.5, 0.6) is 0 Å². The zero-order valence-corrected chi connectivity index (χ0v) is 12.8. The third-order valence-electron chi connectivity index (χ3n) is 2.94. The van der Waals surface area contributed by atoms with E-state index in [1.54, 1.807) is 15.8 Å². The molecule has 7 heteroatoms. The number of hydrogen-bond acceptors (Lipinski definition) is 4. The molecule has 0 saturated carbocycles. The van der Waals surface area contributed by atoms with Crippen LogP contribution >= 0.6 is 27.3 Å². The maximum absolute atomic E-state index is 12.4. The van der Waals surface area contributed by atoms with Crippen molar-refractivity contribution in [2.45, 2.75) is 11.1 Å². The molecule has 1 aromatic rings. The summed E-state index contributed by atoms with van der Waals surface area (Å²) in [6.45, 7) is 5.88. The summed E-state index contributed by atoms with van der Waals surface area (Å²) in [6, 6.07) is 1.78. The van der Waals surface area contributed by atoms with Crippen molar-refractivity contribution in [3.05, 3.63) is 15.9 Å². The Kier molecular flexibility index (Phi) is 4.25. The van der Waals surface area contributed by atoms with Crippen molar-refractivity contribution in [2.24, 2.45) is 0 Å². The molecule has 1 aromatic heterocycles. The highest BCUT2D eigenvalue weighted by molar-refractivity contribution is 9.10. The number of nitrogens with zero attached hydrogens (tertiary/aromatic N) is 2. The molecule has 0 atom stereocenters. The fourth-order valence-corrected chi connectivity index (χ4v) is 5.74. The Bertz CT molecular complexity index is 478. The van der Waals surface area contributed by atoms with E-state index >= 15 is 0 Å². The number of piperazine rings is 1. The summed E-state index contributed by atoms with van der Waals surface area (Å²) in [5.74, 6) is 0. The van der Waals surface area contributed by atoms with Gasteiger partial charge in [-0.1, -0.05) is 6.92 Å². The monoisotopic (exact) mass is 338 g/mol. The van der Waals surface area contributed by atoms with Crippen LogP contribution in [0.3, 0.4) is 0 Å². The van der Waals surface area contributed by atoms with E-state index in [0.717, 1.165) is 19.6 Å². The first kappa shape index (κ1) is 13.5. The summed E-state index contributed by atoms with van der Waals surface area (Å²) in [6.07, 6.45) is 0. The van der Waals surface area contributed by atoms with Gasteiger partial charge in [-0.3, -0.25) is 0 Å². The predicted octanol–water partition coefficient (Wildman–Crippen LogP) is 1.84. The van der Waals surface area contributed by atoms with E-state index in [1.807, 2.05) is 0 Å². The summed E-state index contributed by atoms with van der Waals surface area (Å²) in [5.41, 5.74) is 0. The minimum Gasteiger partial charge on any atom is -0.301 e. The smallest absolute Gasteiger partial charge is 0.253 e. The average Bonchev–Trinajstić information content (AvgIpc) is 2.76. The van der Waals surface area contributed by atoms with E-state index in [0.29, 0.717) is 21.8 Å². The molecule has 0 aromatic carbocycles. The van der Waals surface area contributed by atoms with Crippen molar-refractivity contribution in [3.8, 4) is 0 Å². The van der Waals surface area contributed by atoms with Gasteiger partial charge in [-0.15, -0.1) is 11.3 Å². The van der Waals surface area contributed by atoms with Crippen molar-refractivity contribution in [1.29, 1.82) is 0 Å². The maximum atomic E-state index is 12.4. The van der Waals surface area contributed by atoms with Crippen LogP contribution in [-0.4, -0.2) is 50.3 Å². The van der Waals surface area contributed by atoms with Gasteiger partial charge >= 0.3 is 0 Å². The van der Waals surface area contributed by atoms with Crippen molar-refractivity contribution in [2.75, 3.05) is 32.7 Å². The molecule has 1 fully saturated rings. The minimum atomic E-state index is -3.30. The van der Waals surface area contributed by atoms with E-state index in [1.165, 1.54) is 11.3 Å². The van der Waals surface area contributed by atoms with Crippen LogP contribution < -0.4 is 0 Å². The third kappa shape index (κ3) is 2.73. The maximum Gasteiger partial charge on any atom is 0.253 e. The Balaban J connectivity index is 2.16. The topological polar surface area (TPSA) is 40.6 Å². The number of halogens is 1. The summed E-state index contributed by atoms with van der Waals surface area (Å²) >= 11 is 4.55. The molecular formula is C10H15BrN2O2S2. The molecule has 2 heterocycles. The molecule has 0 aliphatic carbocycles. The Hall–Kier alpha value is 0.0500. The Morgan fingerprint density at radius 1 is 1.35 bits per heavy atom. The van der Waals surface area contributed by atoms with Crippen LogP contribution in [0.25, 0.3) is 0 Å². The second kappa shape index (κ2) is 5.36. The molecule has 0 amide bonds. The van der Waals surface area contributed by atoms with Gasteiger partial charge in [0.05, 0.1) is 0 Å². The van der Waals surface area contributed by atoms with Crippen molar-refractivity contribution >= 4 is 37.3 Å². The van der Waals surface area contributed by atoms with E-state index in [2.05, 4.69) is 27.8 Å². The Morgan fingerprint density at radius 3 is 2.47 bits per heavy atom. The van der Waals surface area contributed by atoms with Crippen LogP contribution in [0.2, 0.25) is 0 Å². The number of hydrogen-bond donors (Lipinski definition) is 0. The molecule has 2 rings (SSSR count). The van der Waals surface area contributed by atoms with Gasteiger partial charge in [0.25, 0.3) is 10.0 Å². The highest BCUT2D eigenvalue weighted by Crippen LogP contribution is 2.30. The molecule has 4 nitrogen and oxygen atoms in total. The van der Waals surface area contributed by atoms with E-state index in [4.69, 9.17) is 0 Å². The van der Waals surface area contributed by atoms with Crippen LogP contribution in [0.4, 0.5) is 0 Å². The highest BCUT2D eigenvalue weighted by atomic mass is 79.9. The zero-order chi connectivity index (χ0) is 12.5. The summed E-state index contributed by atoms with van der Waals surface area (Å²) in [4.78, 5) is 2.26. The van der Waals surface area contributed by atoms with Crippen LogP contribution in [0, 0.1) is 0 Å². The van der Waals surface area contributed by atoms with Gasteiger partial charge in [0.15, 0.2) is 0 Å². The summed E-state index contributed by atoms with van der Waals surface area (Å²) in [7, 11) is -3.30. The molecule has 0 unspecified atom stereocenters. The fraction of sp³-hybridized carbons (Fsp3) is 0.600. The van der Waals surface area contributed by atoms with Crippen molar-refractivity contribution in [1.82, 2.24) is 9.21 Å². The first-order chi connectivity index (χ1) is 8.05. The third-order valence-corrected chi connectivity index (χ3v) is 7.48. The fourth-order valence-electron chi connectivity index (χ4n) is 1.87. The lowest BCUT2D eigenvalue weighted by molar-refractivity contribution is 0.196. The lowest BCUT2D eigenvalue weighted by atomic mass is 10.4. The molecule has 0 bridgehead atoms. The van der Waals surface area contributed by atoms with E-state index < -0.39 is 10.0 Å². The van der Waals surface area contributed by atoms with Gasteiger partial charge < -0.3 is 4.90 Å². The van der Waals surface area contributed by atoms with Gasteiger partial charge in [0.2, 0.25) is 0 Å². The normalized spacial score (nSPS) is 19.6. The molecular weight excluding hydrogens is 324 g/mol. The molecule has 1 aliphatic heterocycles. The molecule has 0 radical (unpaired) electrons. The number of thiophene rings is 1. The Labute approximate surface area is 114 Å². The SMILES string of the molecule is CCN1CCN(S(=O)(=O)c2sccc2Br)CC1. The molecule has 17 heavy (non-hydrogen) atoms. The van der Waals surface area contributed by atoms with Gasteiger partial charge in [-0.2, -0.15) is 4.31 Å². The van der Waals surface area contributed by atoms with E-state index in [9.17, 15) is 8.42 Å². The largest absolute Gasteiger partial charge is 0.301 e.